The van der Waals surface area contributed by atoms with Crippen LogP contribution in [0.15, 0.2) is 23.1 Å². The molecule has 1 atom stereocenters. The van der Waals surface area contributed by atoms with Crippen molar-refractivity contribution in [3.05, 3.63) is 28.8 Å². The predicted molar refractivity (Wildman–Crippen MR) is 143 cm³/mol. The van der Waals surface area contributed by atoms with Crippen LogP contribution in [0.5, 0.6) is 0 Å². The molecule has 10 nitrogen and oxygen atoms in total. The van der Waals surface area contributed by atoms with Crippen molar-refractivity contribution < 1.29 is 27.9 Å². The standard InChI is InChI=1S/C25H36N4O6S2/c1-14(2)35-22(30)26-15-9-10-16(18(13-15)37(33,34)28-25(6,7)8)21-27-17-11-12-29(23(31)32)20(19(17)36-21)24(3,4)5/h9-10,13-14,20,28H,11-12H2,1-8H3,(H,26,30)(H,31,32). The van der Waals surface area contributed by atoms with E-state index >= 15 is 0 Å². The van der Waals surface area contributed by atoms with Gasteiger partial charge in [0.25, 0.3) is 0 Å². The van der Waals surface area contributed by atoms with Crippen molar-refractivity contribution in [2.45, 2.75) is 84.4 Å². The molecule has 3 N–H and O–H groups in total. The fraction of sp³-hybridized carbons (Fsp3) is 0.560. The van der Waals surface area contributed by atoms with Crippen LogP contribution in [0.2, 0.25) is 0 Å². The summed E-state index contributed by atoms with van der Waals surface area (Å²) in [4.78, 5) is 31.1. The molecule has 0 radical (unpaired) electrons. The number of amides is 2. The van der Waals surface area contributed by atoms with Gasteiger partial charge in [-0.2, -0.15) is 0 Å². The number of nitrogens with zero attached hydrogens (tertiary/aromatic N) is 2. The van der Waals surface area contributed by atoms with E-state index in [-0.39, 0.29) is 16.7 Å². The lowest BCUT2D eigenvalue weighted by atomic mass is 9.82. The maximum absolute atomic E-state index is 13.5. The summed E-state index contributed by atoms with van der Waals surface area (Å²) < 4.78 is 34.8. The summed E-state index contributed by atoms with van der Waals surface area (Å²) in [5, 5.41) is 12.9. The minimum atomic E-state index is -4.03. The Labute approximate surface area is 222 Å². The van der Waals surface area contributed by atoms with Gasteiger partial charge < -0.3 is 9.84 Å². The molecule has 204 valence electrons. The second kappa shape index (κ2) is 10.2. The highest BCUT2D eigenvalue weighted by atomic mass is 32.2. The fourth-order valence-electron chi connectivity index (χ4n) is 4.25. The molecule has 2 heterocycles. The average molecular weight is 553 g/mol. The topological polar surface area (TPSA) is 138 Å². The molecule has 1 aliphatic heterocycles. The highest BCUT2D eigenvalue weighted by Gasteiger charge is 2.41. The lowest BCUT2D eigenvalue weighted by Crippen LogP contribution is -2.44. The van der Waals surface area contributed by atoms with E-state index in [4.69, 9.17) is 9.72 Å². The second-order valence-corrected chi connectivity index (χ2v) is 14.2. The van der Waals surface area contributed by atoms with E-state index in [2.05, 4.69) is 10.0 Å². The first kappa shape index (κ1) is 28.9. The molecule has 2 aromatic rings. The Bertz CT molecular complexity index is 1290. The zero-order valence-corrected chi connectivity index (χ0v) is 24.1. The Balaban J connectivity index is 2.15. The number of fused-ring (bicyclic) bond motifs is 1. The smallest absolute Gasteiger partial charge is 0.411 e. The van der Waals surface area contributed by atoms with Crippen molar-refractivity contribution in [3.8, 4) is 10.6 Å². The van der Waals surface area contributed by atoms with Crippen molar-refractivity contribution >= 4 is 39.2 Å². The van der Waals surface area contributed by atoms with Crippen LogP contribution in [-0.2, 0) is 21.2 Å². The molecule has 0 saturated carbocycles. The Morgan fingerprint density at radius 1 is 1.19 bits per heavy atom. The highest BCUT2D eigenvalue weighted by molar-refractivity contribution is 7.89. The number of carbonyl (C=O) groups is 2. The number of hydrogen-bond acceptors (Lipinski definition) is 7. The van der Waals surface area contributed by atoms with Crippen molar-refractivity contribution in [1.82, 2.24) is 14.6 Å². The van der Waals surface area contributed by atoms with Gasteiger partial charge in [0.15, 0.2) is 0 Å². The molecule has 3 rings (SSSR count). The molecule has 1 aromatic heterocycles. The summed E-state index contributed by atoms with van der Waals surface area (Å²) in [6, 6.07) is 4.17. The Hall–Kier alpha value is -2.70. The van der Waals surface area contributed by atoms with Crippen LogP contribution >= 0.6 is 11.3 Å². The lowest BCUT2D eigenvalue weighted by Gasteiger charge is -2.40. The summed E-state index contributed by atoms with van der Waals surface area (Å²) in [5.41, 5.74) is 0.248. The van der Waals surface area contributed by atoms with Gasteiger partial charge in [-0.05, 0) is 58.2 Å². The predicted octanol–water partition coefficient (Wildman–Crippen LogP) is 5.47. The van der Waals surface area contributed by atoms with Gasteiger partial charge in [0.05, 0.1) is 27.6 Å². The lowest BCUT2D eigenvalue weighted by molar-refractivity contribution is 0.0774. The first-order valence-electron chi connectivity index (χ1n) is 12.0. The number of hydrogen-bond donors (Lipinski definition) is 3. The number of ether oxygens (including phenoxy) is 1. The van der Waals surface area contributed by atoms with Crippen molar-refractivity contribution in [2.75, 3.05) is 11.9 Å². The molecule has 0 aliphatic carbocycles. The highest BCUT2D eigenvalue weighted by Crippen LogP contribution is 2.47. The van der Waals surface area contributed by atoms with Gasteiger partial charge in [0, 0.05) is 29.8 Å². The molecule has 37 heavy (non-hydrogen) atoms. The van der Waals surface area contributed by atoms with Gasteiger partial charge >= 0.3 is 12.2 Å². The van der Waals surface area contributed by atoms with Gasteiger partial charge in [-0.3, -0.25) is 10.2 Å². The zero-order valence-electron chi connectivity index (χ0n) is 22.5. The van der Waals surface area contributed by atoms with Crippen LogP contribution in [0.3, 0.4) is 0 Å². The monoisotopic (exact) mass is 552 g/mol. The first-order valence-corrected chi connectivity index (χ1v) is 14.3. The Kier molecular flexibility index (Phi) is 7.97. The van der Waals surface area contributed by atoms with Crippen molar-refractivity contribution in [3.63, 3.8) is 0 Å². The van der Waals surface area contributed by atoms with Crippen molar-refractivity contribution in [1.29, 1.82) is 0 Å². The number of anilines is 1. The normalized spacial score (nSPS) is 16.5. The Morgan fingerprint density at radius 3 is 2.38 bits per heavy atom. The molecular weight excluding hydrogens is 516 g/mol. The molecule has 0 bridgehead atoms. The van der Waals surface area contributed by atoms with Gasteiger partial charge in [-0.25, -0.2) is 27.7 Å². The first-order chi connectivity index (χ1) is 16.9. The zero-order chi connectivity index (χ0) is 27.9. The Morgan fingerprint density at radius 2 is 1.84 bits per heavy atom. The maximum Gasteiger partial charge on any atom is 0.411 e. The third kappa shape index (κ3) is 6.79. The molecule has 12 heteroatoms. The largest absolute Gasteiger partial charge is 0.465 e. The SMILES string of the molecule is CC(C)OC(=O)Nc1ccc(-c2nc3c(s2)C(C(C)(C)C)N(C(=O)O)CC3)c(S(=O)(=O)NC(C)(C)C)c1. The number of carboxylic acid groups (broad SMARTS) is 1. The van der Waals surface area contributed by atoms with Gasteiger partial charge in [0.2, 0.25) is 10.0 Å². The molecule has 2 amide bonds. The molecule has 0 fully saturated rings. The molecule has 0 saturated heterocycles. The van der Waals surface area contributed by atoms with E-state index in [1.807, 2.05) is 20.8 Å². The quantitative estimate of drug-likeness (QED) is 0.447. The maximum atomic E-state index is 13.5. The van der Waals surface area contributed by atoms with E-state index in [1.165, 1.54) is 22.3 Å². The van der Waals surface area contributed by atoms with Gasteiger partial charge in [-0.1, -0.05) is 20.8 Å². The molecule has 1 aromatic carbocycles. The van der Waals surface area contributed by atoms with E-state index in [0.717, 1.165) is 10.6 Å². The number of nitrogens with one attached hydrogen (secondary N) is 2. The van der Waals surface area contributed by atoms with Crippen LogP contribution in [0.4, 0.5) is 15.3 Å². The van der Waals surface area contributed by atoms with Crippen LogP contribution in [-0.4, -0.2) is 53.8 Å². The van der Waals surface area contributed by atoms with E-state index in [0.29, 0.717) is 23.5 Å². The summed E-state index contributed by atoms with van der Waals surface area (Å²) in [7, 11) is -4.03. The van der Waals surface area contributed by atoms with Crippen LogP contribution < -0.4 is 10.0 Å². The number of sulfonamides is 1. The fourth-order valence-corrected chi connectivity index (χ4v) is 7.48. The van der Waals surface area contributed by atoms with Crippen LogP contribution in [0.25, 0.3) is 10.6 Å². The summed E-state index contributed by atoms with van der Waals surface area (Å²) in [5.74, 6) is 0. The van der Waals surface area contributed by atoms with Crippen LogP contribution in [0, 0.1) is 5.41 Å². The number of rotatable bonds is 5. The minimum absolute atomic E-state index is 0.0433. The summed E-state index contributed by atoms with van der Waals surface area (Å²) in [6.07, 6.45) is -1.59. The number of thiazole rings is 1. The van der Waals surface area contributed by atoms with Crippen LogP contribution in [0.1, 0.15) is 72.0 Å². The molecule has 1 unspecified atom stereocenters. The minimum Gasteiger partial charge on any atom is -0.465 e. The molecule has 1 aliphatic rings. The summed E-state index contributed by atoms with van der Waals surface area (Å²) in [6.45, 7) is 14.9. The van der Waals surface area contributed by atoms with E-state index in [9.17, 15) is 23.1 Å². The molecular formula is C25H36N4O6S2. The number of carbonyl (C=O) groups excluding carboxylic acids is 1. The van der Waals surface area contributed by atoms with E-state index in [1.54, 1.807) is 46.8 Å². The third-order valence-electron chi connectivity index (χ3n) is 5.47. The van der Waals surface area contributed by atoms with Gasteiger partial charge in [0.1, 0.15) is 5.01 Å². The summed E-state index contributed by atoms with van der Waals surface area (Å²) >= 11 is 1.30. The molecule has 0 spiro atoms. The number of benzene rings is 1. The second-order valence-electron chi connectivity index (χ2n) is 11.5. The average Bonchev–Trinajstić information content (AvgIpc) is 3.13. The third-order valence-corrected chi connectivity index (χ3v) is 8.46. The van der Waals surface area contributed by atoms with Gasteiger partial charge in [-0.15, -0.1) is 11.3 Å². The van der Waals surface area contributed by atoms with Crippen molar-refractivity contribution in [2.24, 2.45) is 5.41 Å². The number of aromatic nitrogens is 1. The van der Waals surface area contributed by atoms with E-state index < -0.39 is 39.2 Å².